The summed E-state index contributed by atoms with van der Waals surface area (Å²) >= 11 is 5.88. The lowest BCUT2D eigenvalue weighted by Crippen LogP contribution is -2.37. The van der Waals surface area contributed by atoms with Gasteiger partial charge in [-0.2, -0.15) is 5.10 Å². The third-order valence-corrected chi connectivity index (χ3v) is 3.84. The first-order valence-corrected chi connectivity index (χ1v) is 8.06. The summed E-state index contributed by atoms with van der Waals surface area (Å²) in [5.74, 6) is 0.0964. The number of rotatable bonds is 4. The Bertz CT molecular complexity index is 883. The van der Waals surface area contributed by atoms with Gasteiger partial charge in [0.15, 0.2) is 0 Å². The third-order valence-electron chi connectivity index (χ3n) is 3.59. The normalized spacial score (nSPS) is 12.2. The molecule has 1 heterocycles. The van der Waals surface area contributed by atoms with E-state index in [1.165, 1.54) is 6.07 Å². The molecule has 1 aromatic heterocycles. The van der Waals surface area contributed by atoms with Crippen molar-refractivity contribution >= 4 is 23.3 Å². The zero-order valence-electron chi connectivity index (χ0n) is 14.3. The van der Waals surface area contributed by atoms with Crippen LogP contribution >= 0.6 is 11.6 Å². The molecule has 0 bridgehead atoms. The highest BCUT2D eigenvalue weighted by Gasteiger charge is 2.11. The van der Waals surface area contributed by atoms with Crippen LogP contribution in [0.1, 0.15) is 13.8 Å². The summed E-state index contributed by atoms with van der Waals surface area (Å²) in [7, 11) is 1.59. The Morgan fingerprint density at radius 1 is 1.28 bits per heavy atom. The molecular weight excluding hydrogens is 340 g/mol. The van der Waals surface area contributed by atoms with E-state index in [1.807, 2.05) is 19.9 Å². The number of aliphatic imine (C=N–C) groups is 1. The van der Waals surface area contributed by atoms with Crippen molar-refractivity contribution < 1.29 is 4.79 Å². The van der Waals surface area contributed by atoms with Gasteiger partial charge in [0.1, 0.15) is 12.4 Å². The number of amides is 1. The van der Waals surface area contributed by atoms with Crippen LogP contribution in [0.25, 0.3) is 11.3 Å². The van der Waals surface area contributed by atoms with Gasteiger partial charge in [-0.1, -0.05) is 29.8 Å². The van der Waals surface area contributed by atoms with E-state index in [0.29, 0.717) is 16.6 Å². The highest BCUT2D eigenvalue weighted by atomic mass is 35.5. The summed E-state index contributed by atoms with van der Waals surface area (Å²) in [5.41, 5.74) is 1.87. The molecule has 0 atom stereocenters. The van der Waals surface area contributed by atoms with Crippen LogP contribution in [0.4, 0.5) is 0 Å². The van der Waals surface area contributed by atoms with E-state index in [1.54, 1.807) is 37.4 Å². The van der Waals surface area contributed by atoms with Crippen molar-refractivity contribution in [2.45, 2.75) is 20.4 Å². The summed E-state index contributed by atoms with van der Waals surface area (Å²) in [6.45, 7) is 3.50. The van der Waals surface area contributed by atoms with Crippen molar-refractivity contribution in [3.8, 4) is 11.3 Å². The molecule has 6 nitrogen and oxygen atoms in total. The van der Waals surface area contributed by atoms with E-state index in [2.05, 4.69) is 15.4 Å². The number of nitrogens with one attached hydrogen (secondary N) is 1. The minimum absolute atomic E-state index is 0.198. The number of halogens is 1. The molecule has 0 saturated heterocycles. The molecule has 7 heteroatoms. The van der Waals surface area contributed by atoms with Crippen LogP contribution < -0.4 is 10.9 Å². The zero-order chi connectivity index (χ0) is 18.4. The van der Waals surface area contributed by atoms with Gasteiger partial charge in [0.25, 0.3) is 5.56 Å². The number of hydrogen-bond acceptors (Lipinski definition) is 4. The molecule has 1 N–H and O–H groups in total. The molecule has 130 valence electrons. The Kier molecular flexibility index (Phi) is 6.25. The second-order valence-electron chi connectivity index (χ2n) is 5.31. The van der Waals surface area contributed by atoms with Crippen LogP contribution in [-0.4, -0.2) is 28.6 Å². The Labute approximate surface area is 150 Å². The minimum atomic E-state index is -0.371. The lowest BCUT2D eigenvalue weighted by Gasteiger charge is -2.10. The van der Waals surface area contributed by atoms with Gasteiger partial charge in [-0.05, 0) is 37.6 Å². The molecule has 0 aliphatic rings. The Balaban J connectivity index is 2.22. The first-order chi connectivity index (χ1) is 11.9. The SMILES string of the molecule is C/C=C(/C)C(=NC)NC(=O)Cn1nc(-c2ccc(Cl)cc2)ccc1=O. The average molecular weight is 359 g/mol. The van der Waals surface area contributed by atoms with E-state index in [-0.39, 0.29) is 18.0 Å². The smallest absolute Gasteiger partial charge is 0.267 e. The molecule has 0 radical (unpaired) electrons. The number of nitrogens with zero attached hydrogens (tertiary/aromatic N) is 3. The number of benzene rings is 1. The van der Waals surface area contributed by atoms with Crippen LogP contribution in [0.2, 0.25) is 5.02 Å². The molecule has 0 fully saturated rings. The van der Waals surface area contributed by atoms with E-state index in [0.717, 1.165) is 15.8 Å². The zero-order valence-corrected chi connectivity index (χ0v) is 15.0. The first kappa shape index (κ1) is 18.6. The van der Waals surface area contributed by atoms with Gasteiger partial charge in [-0.3, -0.25) is 14.6 Å². The number of hydrogen-bond donors (Lipinski definition) is 1. The number of amidine groups is 1. The fourth-order valence-corrected chi connectivity index (χ4v) is 2.24. The van der Waals surface area contributed by atoms with Crippen molar-refractivity contribution in [3.63, 3.8) is 0 Å². The molecular formula is C18H19ClN4O2. The predicted molar refractivity (Wildman–Crippen MR) is 99.9 cm³/mol. The molecule has 1 aromatic carbocycles. The number of allylic oxidation sites excluding steroid dienone is 1. The van der Waals surface area contributed by atoms with Gasteiger partial charge >= 0.3 is 0 Å². The maximum atomic E-state index is 12.2. The number of aromatic nitrogens is 2. The minimum Gasteiger partial charge on any atom is -0.309 e. The van der Waals surface area contributed by atoms with Gasteiger partial charge in [-0.25, -0.2) is 4.68 Å². The largest absolute Gasteiger partial charge is 0.309 e. The van der Waals surface area contributed by atoms with Crippen LogP contribution in [0.15, 0.2) is 57.8 Å². The summed E-state index contributed by atoms with van der Waals surface area (Å²) < 4.78 is 1.12. The van der Waals surface area contributed by atoms with Gasteiger partial charge in [0.05, 0.1) is 5.69 Å². The topological polar surface area (TPSA) is 76.3 Å². The fraction of sp³-hybridized carbons (Fsp3) is 0.222. The first-order valence-electron chi connectivity index (χ1n) is 7.68. The standard InChI is InChI=1S/C18H19ClN4O2/c1-4-12(2)18(20-3)21-16(24)11-23-17(25)10-9-15(22-23)13-5-7-14(19)8-6-13/h4-10H,11H2,1-3H3,(H,20,21,24)/b12-4-. The van der Waals surface area contributed by atoms with Crippen molar-refractivity contribution in [2.24, 2.45) is 4.99 Å². The van der Waals surface area contributed by atoms with E-state index in [9.17, 15) is 9.59 Å². The van der Waals surface area contributed by atoms with Crippen LogP contribution in [0, 0.1) is 0 Å². The van der Waals surface area contributed by atoms with E-state index >= 15 is 0 Å². The third kappa shape index (κ3) is 4.87. The number of carbonyl (C=O) groups is 1. The van der Waals surface area contributed by atoms with E-state index < -0.39 is 0 Å². The lowest BCUT2D eigenvalue weighted by atomic mass is 10.1. The molecule has 0 aliphatic carbocycles. The maximum absolute atomic E-state index is 12.2. The van der Waals surface area contributed by atoms with Crippen molar-refractivity contribution in [2.75, 3.05) is 7.05 Å². The van der Waals surface area contributed by atoms with Gasteiger partial charge < -0.3 is 5.32 Å². The second kappa shape index (κ2) is 8.39. The van der Waals surface area contributed by atoms with E-state index in [4.69, 9.17) is 11.6 Å². The summed E-state index contributed by atoms with van der Waals surface area (Å²) in [5, 5.41) is 7.55. The van der Waals surface area contributed by atoms with Gasteiger partial charge in [-0.15, -0.1) is 0 Å². The maximum Gasteiger partial charge on any atom is 0.267 e. The summed E-state index contributed by atoms with van der Waals surface area (Å²) in [6.07, 6.45) is 1.84. The highest BCUT2D eigenvalue weighted by molar-refractivity contribution is 6.30. The van der Waals surface area contributed by atoms with Gasteiger partial charge in [0, 0.05) is 23.7 Å². The monoisotopic (exact) mass is 358 g/mol. The quantitative estimate of drug-likeness (QED) is 0.674. The van der Waals surface area contributed by atoms with Crippen LogP contribution in [0.5, 0.6) is 0 Å². The Morgan fingerprint density at radius 3 is 2.56 bits per heavy atom. The lowest BCUT2D eigenvalue weighted by molar-refractivity contribution is -0.120. The molecule has 0 unspecified atom stereocenters. The predicted octanol–water partition coefficient (Wildman–Crippen LogP) is 2.67. The van der Waals surface area contributed by atoms with Crippen LogP contribution in [0.3, 0.4) is 0 Å². The molecule has 25 heavy (non-hydrogen) atoms. The Hall–Kier alpha value is -2.73. The van der Waals surface area contributed by atoms with Crippen molar-refractivity contribution in [1.82, 2.24) is 15.1 Å². The molecule has 2 aromatic rings. The molecule has 1 amide bonds. The molecule has 0 spiro atoms. The number of carbonyl (C=O) groups excluding carboxylic acids is 1. The average Bonchev–Trinajstić information content (AvgIpc) is 2.61. The second-order valence-corrected chi connectivity index (χ2v) is 5.75. The van der Waals surface area contributed by atoms with Crippen LogP contribution in [-0.2, 0) is 11.3 Å². The molecule has 0 aliphatic heterocycles. The molecule has 0 saturated carbocycles. The van der Waals surface area contributed by atoms with Crippen molar-refractivity contribution in [1.29, 1.82) is 0 Å². The highest BCUT2D eigenvalue weighted by Crippen LogP contribution is 2.18. The molecule has 2 rings (SSSR count). The Morgan fingerprint density at radius 2 is 1.96 bits per heavy atom. The summed E-state index contributed by atoms with van der Waals surface area (Å²) in [4.78, 5) is 28.2. The van der Waals surface area contributed by atoms with Gasteiger partial charge in [0.2, 0.25) is 5.91 Å². The van der Waals surface area contributed by atoms with Crippen molar-refractivity contribution in [3.05, 3.63) is 63.4 Å². The fourth-order valence-electron chi connectivity index (χ4n) is 2.11. The summed E-state index contributed by atoms with van der Waals surface area (Å²) in [6, 6.07) is 10.1.